The fourth-order valence-corrected chi connectivity index (χ4v) is 6.68. The number of aliphatic hydroxyl groups excluding tert-OH is 2. The molecule has 5 nitrogen and oxygen atoms in total. The summed E-state index contributed by atoms with van der Waals surface area (Å²) in [5.74, 6) is -1.08. The van der Waals surface area contributed by atoms with Crippen LogP contribution >= 0.6 is 0 Å². The van der Waals surface area contributed by atoms with Crippen LogP contribution in [-0.4, -0.2) is 45.2 Å². The highest BCUT2D eigenvalue weighted by molar-refractivity contribution is 6.02. The fourth-order valence-electron chi connectivity index (χ4n) is 6.68. The predicted octanol–water partition coefficient (Wildman–Crippen LogP) is 1.89. The number of aliphatic hydroxyl groups is 3. The van der Waals surface area contributed by atoms with Crippen molar-refractivity contribution in [1.29, 1.82) is 0 Å². The second-order valence-electron chi connectivity index (χ2n) is 9.39. The highest BCUT2D eigenvalue weighted by Crippen LogP contribution is 2.65. The number of allylic oxidation sites excluding steroid dienone is 7. The maximum absolute atomic E-state index is 12.6. The summed E-state index contributed by atoms with van der Waals surface area (Å²) in [5, 5.41) is 32.2. The standard InChI is InChI=1S/C23H28O5/c1-12-7-15-17-8-13(2)23(28,19(27)11-24)22(17,4)10-18(26)20(15)21(3)6-5-14(25)9-16(12)21/h5-9,15,17-18,20,24,26,28H,10-11H2,1-4H3/t15-,17-,18-,20+,21-,22-,23-/m0/s1. The molecule has 28 heavy (non-hydrogen) atoms. The molecule has 0 unspecified atom stereocenters. The molecule has 4 aliphatic rings. The van der Waals surface area contributed by atoms with Crippen molar-refractivity contribution in [2.45, 2.75) is 45.8 Å². The lowest BCUT2D eigenvalue weighted by Crippen LogP contribution is -2.62. The minimum absolute atomic E-state index is 0.0478. The van der Waals surface area contributed by atoms with E-state index in [2.05, 4.69) is 13.0 Å². The summed E-state index contributed by atoms with van der Waals surface area (Å²) in [6.07, 6.45) is 8.66. The van der Waals surface area contributed by atoms with E-state index in [1.165, 1.54) is 0 Å². The van der Waals surface area contributed by atoms with Crippen molar-refractivity contribution < 1.29 is 24.9 Å². The topological polar surface area (TPSA) is 94.8 Å². The van der Waals surface area contributed by atoms with Gasteiger partial charge < -0.3 is 15.3 Å². The zero-order valence-electron chi connectivity index (χ0n) is 16.8. The van der Waals surface area contributed by atoms with Crippen LogP contribution in [0.5, 0.6) is 0 Å². The largest absolute Gasteiger partial charge is 0.393 e. The van der Waals surface area contributed by atoms with Crippen LogP contribution in [0.3, 0.4) is 0 Å². The Labute approximate surface area is 165 Å². The molecule has 4 aliphatic carbocycles. The summed E-state index contributed by atoms with van der Waals surface area (Å²) in [6, 6.07) is 0. The van der Waals surface area contributed by atoms with Crippen molar-refractivity contribution in [1.82, 2.24) is 0 Å². The van der Waals surface area contributed by atoms with Crippen molar-refractivity contribution in [2.24, 2.45) is 28.6 Å². The summed E-state index contributed by atoms with van der Waals surface area (Å²) < 4.78 is 0. The number of Topliss-reactive ketones (excluding diaryl/α,β-unsaturated/α-hetero) is 1. The van der Waals surface area contributed by atoms with Crippen molar-refractivity contribution in [3.8, 4) is 0 Å². The zero-order chi connectivity index (χ0) is 20.6. The van der Waals surface area contributed by atoms with Crippen LogP contribution in [0.4, 0.5) is 0 Å². The summed E-state index contributed by atoms with van der Waals surface area (Å²) in [6.45, 7) is 6.86. The Hall–Kier alpha value is -1.82. The highest BCUT2D eigenvalue weighted by Gasteiger charge is 2.67. The van der Waals surface area contributed by atoms with Gasteiger partial charge in [0.1, 0.15) is 6.61 Å². The maximum atomic E-state index is 12.6. The van der Waals surface area contributed by atoms with E-state index in [0.29, 0.717) is 5.57 Å². The number of rotatable bonds is 2. The molecule has 0 radical (unpaired) electrons. The van der Waals surface area contributed by atoms with Gasteiger partial charge in [-0.3, -0.25) is 9.59 Å². The lowest BCUT2D eigenvalue weighted by molar-refractivity contribution is -0.168. The number of hydrogen-bond donors (Lipinski definition) is 3. The first-order chi connectivity index (χ1) is 13.0. The Morgan fingerprint density at radius 3 is 2.57 bits per heavy atom. The summed E-state index contributed by atoms with van der Waals surface area (Å²) >= 11 is 0. The van der Waals surface area contributed by atoms with Crippen LogP contribution in [0.1, 0.15) is 34.1 Å². The molecule has 0 aromatic heterocycles. The van der Waals surface area contributed by atoms with Gasteiger partial charge >= 0.3 is 0 Å². The molecule has 1 fully saturated rings. The van der Waals surface area contributed by atoms with Crippen molar-refractivity contribution in [3.63, 3.8) is 0 Å². The van der Waals surface area contributed by atoms with Crippen LogP contribution < -0.4 is 0 Å². The third-order valence-electron chi connectivity index (χ3n) is 8.01. The summed E-state index contributed by atoms with van der Waals surface area (Å²) in [5.41, 5.74) is -0.701. The lowest BCUT2D eigenvalue weighted by Gasteiger charge is -2.58. The van der Waals surface area contributed by atoms with Crippen molar-refractivity contribution in [2.75, 3.05) is 6.61 Å². The fraction of sp³-hybridized carbons (Fsp3) is 0.565. The first-order valence-electron chi connectivity index (χ1n) is 9.88. The zero-order valence-corrected chi connectivity index (χ0v) is 16.8. The van der Waals surface area contributed by atoms with Gasteiger partial charge in [0.05, 0.1) is 6.10 Å². The Morgan fingerprint density at radius 2 is 1.93 bits per heavy atom. The van der Waals surface area contributed by atoms with E-state index in [9.17, 15) is 24.9 Å². The Morgan fingerprint density at radius 1 is 1.25 bits per heavy atom. The molecule has 0 bridgehead atoms. The van der Waals surface area contributed by atoms with Gasteiger partial charge in [-0.15, -0.1) is 0 Å². The van der Waals surface area contributed by atoms with E-state index < -0.39 is 34.9 Å². The number of fused-ring (bicyclic) bond motifs is 5. The average molecular weight is 384 g/mol. The molecule has 0 spiro atoms. The third kappa shape index (κ3) is 2.13. The van der Waals surface area contributed by atoms with Crippen molar-refractivity contribution in [3.05, 3.63) is 47.1 Å². The minimum Gasteiger partial charge on any atom is -0.393 e. The molecule has 0 aromatic carbocycles. The van der Waals surface area contributed by atoms with E-state index in [1.54, 1.807) is 19.1 Å². The Bertz CT molecular complexity index is 893. The molecule has 1 saturated carbocycles. The quantitative estimate of drug-likeness (QED) is 0.632. The molecule has 150 valence electrons. The molecule has 0 saturated heterocycles. The van der Waals surface area contributed by atoms with E-state index in [4.69, 9.17) is 0 Å². The van der Waals surface area contributed by atoms with Crippen LogP contribution in [0, 0.1) is 28.6 Å². The maximum Gasteiger partial charge on any atom is 0.194 e. The second-order valence-corrected chi connectivity index (χ2v) is 9.39. The molecule has 0 heterocycles. The molecular formula is C23H28O5. The average Bonchev–Trinajstić information content (AvgIpc) is 2.83. The van der Waals surface area contributed by atoms with E-state index in [0.717, 1.165) is 11.1 Å². The minimum atomic E-state index is -1.78. The van der Waals surface area contributed by atoms with E-state index in [1.807, 2.05) is 26.0 Å². The first kappa shape index (κ1) is 19.5. The van der Waals surface area contributed by atoms with Gasteiger partial charge in [0.15, 0.2) is 17.2 Å². The molecule has 5 heteroatoms. The summed E-state index contributed by atoms with van der Waals surface area (Å²) in [4.78, 5) is 24.5. The van der Waals surface area contributed by atoms with Crippen LogP contribution in [-0.2, 0) is 9.59 Å². The van der Waals surface area contributed by atoms with Crippen LogP contribution in [0.25, 0.3) is 0 Å². The van der Waals surface area contributed by atoms with E-state index >= 15 is 0 Å². The summed E-state index contributed by atoms with van der Waals surface area (Å²) in [7, 11) is 0. The predicted molar refractivity (Wildman–Crippen MR) is 104 cm³/mol. The van der Waals surface area contributed by atoms with Gasteiger partial charge in [-0.2, -0.15) is 0 Å². The molecular weight excluding hydrogens is 356 g/mol. The lowest BCUT2D eigenvalue weighted by atomic mass is 9.46. The number of ketones is 2. The van der Waals surface area contributed by atoms with Crippen LogP contribution in [0.2, 0.25) is 0 Å². The highest BCUT2D eigenvalue weighted by atomic mass is 16.3. The number of carbonyl (C=O) groups excluding carboxylic acids is 2. The van der Waals surface area contributed by atoms with Gasteiger partial charge in [0.2, 0.25) is 0 Å². The Kier molecular flexibility index (Phi) is 4.07. The number of carbonyl (C=O) groups is 2. The van der Waals surface area contributed by atoms with Crippen LogP contribution in [0.15, 0.2) is 47.1 Å². The molecule has 3 N–H and O–H groups in total. The normalized spacial score (nSPS) is 46.8. The molecule has 0 amide bonds. The molecule has 0 aromatic rings. The van der Waals surface area contributed by atoms with Crippen molar-refractivity contribution >= 4 is 11.6 Å². The van der Waals surface area contributed by atoms with Gasteiger partial charge in [0, 0.05) is 16.7 Å². The Balaban J connectivity index is 1.89. The molecule has 7 atom stereocenters. The van der Waals surface area contributed by atoms with Gasteiger partial charge in [-0.25, -0.2) is 0 Å². The van der Waals surface area contributed by atoms with E-state index in [-0.39, 0.29) is 30.0 Å². The third-order valence-corrected chi connectivity index (χ3v) is 8.01. The van der Waals surface area contributed by atoms with Gasteiger partial charge in [-0.05, 0) is 55.4 Å². The molecule has 4 rings (SSSR count). The SMILES string of the molecule is CC1=C[C@@H]2[C@H]([C@@H](O)C[C@@]3(C)[C@H]2C=C(C)[C@]3(O)C(=O)CO)[C@@]2(C)C=CC(=O)C=C12. The van der Waals surface area contributed by atoms with Gasteiger partial charge in [0.25, 0.3) is 0 Å². The molecule has 0 aliphatic heterocycles. The second kappa shape index (κ2) is 5.85. The first-order valence-corrected chi connectivity index (χ1v) is 9.88. The smallest absolute Gasteiger partial charge is 0.194 e. The number of hydrogen-bond acceptors (Lipinski definition) is 5. The monoisotopic (exact) mass is 384 g/mol. The van der Waals surface area contributed by atoms with Gasteiger partial charge in [-0.1, -0.05) is 37.6 Å².